The Morgan fingerprint density at radius 2 is 2.15 bits per heavy atom. The second kappa shape index (κ2) is 7.96. The monoisotopic (exact) mass is 356 g/mol. The summed E-state index contributed by atoms with van der Waals surface area (Å²) >= 11 is 0. The first-order valence-electron chi connectivity index (χ1n) is 9.44. The third-order valence-corrected chi connectivity index (χ3v) is 5.49. The second-order valence-electron chi connectivity index (χ2n) is 7.87. The fraction of sp³-hybridized carbons (Fsp3) is 0.600. The van der Waals surface area contributed by atoms with Gasteiger partial charge in [0.1, 0.15) is 5.75 Å². The predicted octanol–water partition coefficient (Wildman–Crippen LogP) is 2.69. The van der Waals surface area contributed by atoms with E-state index in [4.69, 9.17) is 0 Å². The first-order valence-corrected chi connectivity index (χ1v) is 9.44. The van der Waals surface area contributed by atoms with E-state index in [0.29, 0.717) is 12.3 Å². The number of aromatic hydroxyl groups is 1. The van der Waals surface area contributed by atoms with Gasteiger partial charge in [-0.3, -0.25) is 4.90 Å². The standard InChI is InChI=1S/C20H28N4O2/c1-20(14-21)8-3-9-24(15-20)19(26)22-17-6-10-23(11-7-17)13-16-4-2-5-18(25)12-16/h2,4-5,12,17,25H,3,6-11,13,15H2,1H3,(H,22,26)/t20-/m1/s1. The number of nitriles is 1. The summed E-state index contributed by atoms with van der Waals surface area (Å²) in [6.45, 7) is 5.87. The highest BCUT2D eigenvalue weighted by Crippen LogP contribution is 2.28. The molecular formula is C20H28N4O2. The summed E-state index contributed by atoms with van der Waals surface area (Å²) in [5, 5.41) is 22.0. The van der Waals surface area contributed by atoms with E-state index in [9.17, 15) is 15.2 Å². The molecule has 2 fully saturated rings. The van der Waals surface area contributed by atoms with E-state index in [0.717, 1.165) is 57.4 Å². The van der Waals surface area contributed by atoms with Crippen LogP contribution < -0.4 is 5.32 Å². The molecule has 2 aliphatic heterocycles. The van der Waals surface area contributed by atoms with Gasteiger partial charge in [-0.25, -0.2) is 4.79 Å². The highest BCUT2D eigenvalue weighted by Gasteiger charge is 2.34. The van der Waals surface area contributed by atoms with Crippen molar-refractivity contribution in [3.63, 3.8) is 0 Å². The lowest BCUT2D eigenvalue weighted by atomic mass is 9.83. The minimum absolute atomic E-state index is 0.0300. The van der Waals surface area contributed by atoms with Crippen LogP contribution in [0.25, 0.3) is 0 Å². The van der Waals surface area contributed by atoms with Crippen LogP contribution in [0, 0.1) is 16.7 Å². The van der Waals surface area contributed by atoms with Crippen molar-refractivity contribution in [2.24, 2.45) is 5.41 Å². The van der Waals surface area contributed by atoms with E-state index in [1.54, 1.807) is 17.0 Å². The number of amides is 2. The Labute approximate surface area is 155 Å². The van der Waals surface area contributed by atoms with E-state index in [-0.39, 0.29) is 12.1 Å². The number of phenolic OH excluding ortho intramolecular Hbond substituents is 1. The molecule has 1 atom stereocenters. The number of nitrogens with one attached hydrogen (secondary N) is 1. The molecule has 0 radical (unpaired) electrons. The normalized spacial score (nSPS) is 24.8. The number of carbonyl (C=O) groups is 1. The lowest BCUT2D eigenvalue weighted by Gasteiger charge is -2.38. The van der Waals surface area contributed by atoms with Crippen LogP contribution in [0.5, 0.6) is 5.75 Å². The minimum atomic E-state index is -0.416. The summed E-state index contributed by atoms with van der Waals surface area (Å²) < 4.78 is 0. The van der Waals surface area contributed by atoms with Crippen LogP contribution in [0.3, 0.4) is 0 Å². The van der Waals surface area contributed by atoms with Crippen LogP contribution >= 0.6 is 0 Å². The molecule has 0 spiro atoms. The summed E-state index contributed by atoms with van der Waals surface area (Å²) in [4.78, 5) is 16.7. The van der Waals surface area contributed by atoms with Gasteiger partial charge in [-0.15, -0.1) is 0 Å². The van der Waals surface area contributed by atoms with Crippen LogP contribution in [0.2, 0.25) is 0 Å². The quantitative estimate of drug-likeness (QED) is 0.873. The SMILES string of the molecule is C[C@]1(C#N)CCCN(C(=O)NC2CCN(Cc3cccc(O)c3)CC2)C1. The van der Waals surface area contributed by atoms with Crippen LogP contribution in [-0.4, -0.2) is 53.2 Å². The number of nitrogens with zero attached hydrogens (tertiary/aromatic N) is 3. The van der Waals surface area contributed by atoms with Crippen molar-refractivity contribution in [2.45, 2.75) is 45.2 Å². The smallest absolute Gasteiger partial charge is 0.317 e. The van der Waals surface area contributed by atoms with Gasteiger partial charge in [0.25, 0.3) is 0 Å². The van der Waals surface area contributed by atoms with Gasteiger partial charge in [-0.1, -0.05) is 12.1 Å². The van der Waals surface area contributed by atoms with Crippen LogP contribution in [-0.2, 0) is 6.54 Å². The Bertz CT molecular complexity index is 679. The molecule has 6 nitrogen and oxygen atoms in total. The fourth-order valence-corrected chi connectivity index (χ4v) is 3.92. The Morgan fingerprint density at radius 1 is 1.38 bits per heavy atom. The molecule has 2 aliphatic rings. The number of likely N-dealkylation sites (tertiary alicyclic amines) is 2. The first-order chi connectivity index (χ1) is 12.5. The van der Waals surface area contributed by atoms with Gasteiger partial charge in [0.15, 0.2) is 0 Å². The maximum Gasteiger partial charge on any atom is 0.317 e. The number of benzene rings is 1. The zero-order valence-corrected chi connectivity index (χ0v) is 15.4. The average molecular weight is 356 g/mol. The van der Waals surface area contributed by atoms with Gasteiger partial charge in [0.2, 0.25) is 0 Å². The lowest BCUT2D eigenvalue weighted by Crippen LogP contribution is -2.52. The van der Waals surface area contributed by atoms with Gasteiger partial charge >= 0.3 is 6.03 Å². The van der Waals surface area contributed by atoms with Gasteiger partial charge in [-0.2, -0.15) is 5.26 Å². The van der Waals surface area contributed by atoms with Gasteiger partial charge in [0.05, 0.1) is 11.5 Å². The average Bonchev–Trinajstić information content (AvgIpc) is 2.63. The molecule has 140 valence electrons. The molecule has 2 saturated heterocycles. The molecule has 26 heavy (non-hydrogen) atoms. The summed E-state index contributed by atoms with van der Waals surface area (Å²) in [5.41, 5.74) is 0.691. The molecule has 0 bridgehead atoms. The molecule has 0 aliphatic carbocycles. The number of carbonyl (C=O) groups excluding carboxylic acids is 1. The summed E-state index contributed by atoms with van der Waals surface area (Å²) in [5.74, 6) is 0.301. The van der Waals surface area contributed by atoms with Crippen LogP contribution in [0.1, 0.15) is 38.2 Å². The lowest BCUT2D eigenvalue weighted by molar-refractivity contribution is 0.136. The largest absolute Gasteiger partial charge is 0.508 e. The number of piperidine rings is 2. The van der Waals surface area contributed by atoms with Crippen molar-refractivity contribution in [1.29, 1.82) is 5.26 Å². The topological polar surface area (TPSA) is 79.6 Å². The Kier molecular flexibility index (Phi) is 5.67. The summed E-state index contributed by atoms with van der Waals surface area (Å²) in [6, 6.07) is 9.89. The molecule has 2 amide bonds. The van der Waals surface area contributed by atoms with Gasteiger partial charge in [-0.05, 0) is 50.3 Å². The van der Waals surface area contributed by atoms with E-state index in [1.807, 2.05) is 19.1 Å². The molecule has 1 aromatic rings. The van der Waals surface area contributed by atoms with Crippen molar-refractivity contribution in [2.75, 3.05) is 26.2 Å². The van der Waals surface area contributed by atoms with Crippen molar-refractivity contribution in [3.8, 4) is 11.8 Å². The fourth-order valence-electron chi connectivity index (χ4n) is 3.92. The predicted molar refractivity (Wildman–Crippen MR) is 99.5 cm³/mol. The molecule has 2 heterocycles. The van der Waals surface area contributed by atoms with E-state index < -0.39 is 5.41 Å². The molecule has 6 heteroatoms. The van der Waals surface area contributed by atoms with Gasteiger partial charge < -0.3 is 15.3 Å². The minimum Gasteiger partial charge on any atom is -0.508 e. The third kappa shape index (κ3) is 4.67. The molecule has 0 saturated carbocycles. The van der Waals surface area contributed by atoms with Crippen LogP contribution in [0.4, 0.5) is 4.79 Å². The molecule has 2 N–H and O–H groups in total. The van der Waals surface area contributed by atoms with E-state index in [2.05, 4.69) is 16.3 Å². The van der Waals surface area contributed by atoms with Crippen molar-refractivity contribution >= 4 is 6.03 Å². The van der Waals surface area contributed by atoms with Crippen molar-refractivity contribution in [1.82, 2.24) is 15.1 Å². The summed E-state index contributed by atoms with van der Waals surface area (Å²) in [6.07, 6.45) is 3.60. The zero-order valence-electron chi connectivity index (χ0n) is 15.4. The maximum absolute atomic E-state index is 12.5. The van der Waals surface area contributed by atoms with Crippen LogP contribution in [0.15, 0.2) is 24.3 Å². The number of phenols is 1. The van der Waals surface area contributed by atoms with E-state index >= 15 is 0 Å². The molecular weight excluding hydrogens is 328 g/mol. The zero-order chi connectivity index (χ0) is 18.6. The second-order valence-corrected chi connectivity index (χ2v) is 7.87. The Hall–Kier alpha value is -2.26. The third-order valence-electron chi connectivity index (χ3n) is 5.49. The first kappa shape index (κ1) is 18.5. The molecule has 0 aromatic heterocycles. The molecule has 0 unspecified atom stereocenters. The highest BCUT2D eigenvalue weighted by molar-refractivity contribution is 5.74. The molecule has 1 aromatic carbocycles. The number of hydrogen-bond acceptors (Lipinski definition) is 4. The number of hydrogen-bond donors (Lipinski definition) is 2. The Morgan fingerprint density at radius 3 is 2.85 bits per heavy atom. The number of rotatable bonds is 3. The van der Waals surface area contributed by atoms with Crippen molar-refractivity contribution in [3.05, 3.63) is 29.8 Å². The van der Waals surface area contributed by atoms with Crippen molar-refractivity contribution < 1.29 is 9.90 Å². The Balaban J connectivity index is 1.45. The summed E-state index contributed by atoms with van der Waals surface area (Å²) in [7, 11) is 0. The van der Waals surface area contributed by atoms with E-state index in [1.165, 1.54) is 0 Å². The maximum atomic E-state index is 12.5. The molecule has 3 rings (SSSR count). The van der Waals surface area contributed by atoms with Gasteiger partial charge in [0, 0.05) is 38.8 Å². The number of urea groups is 1. The highest BCUT2D eigenvalue weighted by atomic mass is 16.3.